The first-order valence-corrected chi connectivity index (χ1v) is 8.27. The van der Waals surface area contributed by atoms with Crippen molar-refractivity contribution in [2.24, 2.45) is 0 Å². The van der Waals surface area contributed by atoms with Gasteiger partial charge in [0, 0.05) is 25.4 Å². The van der Waals surface area contributed by atoms with Gasteiger partial charge in [-0.05, 0) is 29.8 Å². The fourth-order valence-corrected chi connectivity index (χ4v) is 3.00. The number of rotatable bonds is 4. The quantitative estimate of drug-likeness (QED) is 0.688. The third kappa shape index (κ3) is 3.68. The Hall–Kier alpha value is -2.40. The Bertz CT molecular complexity index is 848. The number of para-hydroxylation sites is 2. The molecule has 2 aromatic carbocycles. The molecule has 23 heavy (non-hydrogen) atoms. The number of carbonyl (C=O) groups excluding carboxylic acids is 1. The summed E-state index contributed by atoms with van der Waals surface area (Å²) in [7, 11) is 3.52. The summed E-state index contributed by atoms with van der Waals surface area (Å²) in [6.45, 7) is 0. The van der Waals surface area contributed by atoms with E-state index in [-0.39, 0.29) is 5.91 Å². The van der Waals surface area contributed by atoms with Crippen LogP contribution in [-0.2, 0) is 5.75 Å². The molecule has 0 atom stereocenters. The van der Waals surface area contributed by atoms with Crippen LogP contribution in [0, 0.1) is 0 Å². The van der Waals surface area contributed by atoms with Crippen molar-refractivity contribution in [3.63, 3.8) is 0 Å². The van der Waals surface area contributed by atoms with Crippen molar-refractivity contribution in [1.82, 2.24) is 14.9 Å². The van der Waals surface area contributed by atoms with E-state index in [1.54, 1.807) is 37.0 Å². The fourth-order valence-electron chi connectivity index (χ4n) is 2.22. The highest BCUT2D eigenvalue weighted by Crippen LogP contribution is 2.22. The molecular weight excluding hydrogens is 306 g/mol. The zero-order valence-corrected chi connectivity index (χ0v) is 13.9. The van der Waals surface area contributed by atoms with Crippen molar-refractivity contribution in [3.8, 4) is 0 Å². The Balaban J connectivity index is 1.74. The molecule has 0 aliphatic heterocycles. The van der Waals surface area contributed by atoms with Gasteiger partial charge in [-0.25, -0.2) is 4.98 Å². The van der Waals surface area contributed by atoms with Gasteiger partial charge in [0.25, 0.3) is 5.91 Å². The Morgan fingerprint density at radius 1 is 1.09 bits per heavy atom. The lowest BCUT2D eigenvalue weighted by Gasteiger charge is -2.11. The normalized spacial score (nSPS) is 10.7. The Labute approximate surface area is 139 Å². The molecule has 0 fully saturated rings. The summed E-state index contributed by atoms with van der Waals surface area (Å²) >= 11 is 1.62. The van der Waals surface area contributed by atoms with Crippen molar-refractivity contribution in [2.45, 2.75) is 10.8 Å². The van der Waals surface area contributed by atoms with Gasteiger partial charge in [0.15, 0.2) is 0 Å². The molecule has 0 N–H and O–H groups in total. The van der Waals surface area contributed by atoms with Crippen LogP contribution < -0.4 is 0 Å². The van der Waals surface area contributed by atoms with Crippen LogP contribution in [0.15, 0.2) is 59.8 Å². The summed E-state index contributed by atoms with van der Waals surface area (Å²) in [5.74, 6) is 0.768. The van der Waals surface area contributed by atoms with Gasteiger partial charge >= 0.3 is 0 Å². The molecule has 0 saturated carbocycles. The van der Waals surface area contributed by atoms with Crippen LogP contribution in [0.5, 0.6) is 0 Å². The van der Waals surface area contributed by atoms with E-state index >= 15 is 0 Å². The zero-order valence-electron chi connectivity index (χ0n) is 13.1. The summed E-state index contributed by atoms with van der Waals surface area (Å²) in [4.78, 5) is 22.6. The van der Waals surface area contributed by atoms with Gasteiger partial charge in [0.2, 0.25) is 0 Å². The van der Waals surface area contributed by atoms with Crippen LogP contribution in [0.4, 0.5) is 0 Å². The highest BCUT2D eigenvalue weighted by Gasteiger charge is 2.08. The van der Waals surface area contributed by atoms with E-state index in [1.165, 1.54) is 0 Å². The molecule has 0 saturated heterocycles. The van der Waals surface area contributed by atoms with Crippen LogP contribution >= 0.6 is 11.8 Å². The monoisotopic (exact) mass is 323 g/mol. The molecule has 4 nitrogen and oxygen atoms in total. The van der Waals surface area contributed by atoms with Crippen molar-refractivity contribution in [2.75, 3.05) is 14.1 Å². The minimum Gasteiger partial charge on any atom is -0.345 e. The summed E-state index contributed by atoms with van der Waals surface area (Å²) in [6, 6.07) is 15.5. The van der Waals surface area contributed by atoms with E-state index in [4.69, 9.17) is 0 Å². The molecule has 0 radical (unpaired) electrons. The van der Waals surface area contributed by atoms with Crippen molar-refractivity contribution in [3.05, 3.63) is 65.9 Å². The molecule has 0 bridgehead atoms. The van der Waals surface area contributed by atoms with E-state index in [0.717, 1.165) is 27.4 Å². The maximum absolute atomic E-state index is 12.0. The van der Waals surface area contributed by atoms with E-state index in [9.17, 15) is 4.79 Å². The molecule has 1 aromatic heterocycles. The highest BCUT2D eigenvalue weighted by atomic mass is 32.2. The summed E-state index contributed by atoms with van der Waals surface area (Å²) < 4.78 is 0. The molecule has 5 heteroatoms. The average Bonchev–Trinajstić information content (AvgIpc) is 2.59. The first-order valence-electron chi connectivity index (χ1n) is 7.28. The summed E-state index contributed by atoms with van der Waals surface area (Å²) in [5, 5.41) is 0.882. The lowest BCUT2D eigenvalue weighted by atomic mass is 10.1. The van der Waals surface area contributed by atoms with Gasteiger partial charge in [-0.2, -0.15) is 0 Å². The first-order chi connectivity index (χ1) is 11.1. The van der Waals surface area contributed by atoms with Crippen LogP contribution in [0.25, 0.3) is 11.0 Å². The van der Waals surface area contributed by atoms with Gasteiger partial charge in [-0.15, -0.1) is 11.8 Å². The number of aromatic nitrogens is 2. The van der Waals surface area contributed by atoms with Gasteiger partial charge in [0.1, 0.15) is 5.03 Å². The van der Waals surface area contributed by atoms with E-state index in [1.807, 2.05) is 48.5 Å². The maximum atomic E-state index is 12.0. The largest absolute Gasteiger partial charge is 0.345 e. The number of carbonyl (C=O) groups is 1. The third-order valence-electron chi connectivity index (χ3n) is 3.39. The molecule has 0 unspecified atom stereocenters. The predicted molar refractivity (Wildman–Crippen MR) is 93.6 cm³/mol. The molecule has 3 rings (SSSR count). The van der Waals surface area contributed by atoms with Gasteiger partial charge in [-0.3, -0.25) is 9.78 Å². The molecular formula is C18H17N3OS. The van der Waals surface area contributed by atoms with E-state index < -0.39 is 0 Å². The topological polar surface area (TPSA) is 46.1 Å². The number of benzene rings is 2. The molecule has 1 heterocycles. The Kier molecular flexibility index (Phi) is 4.57. The number of fused-ring (bicyclic) bond motifs is 1. The molecule has 3 aromatic rings. The number of thioether (sulfide) groups is 1. The van der Waals surface area contributed by atoms with Crippen molar-refractivity contribution >= 4 is 28.7 Å². The Morgan fingerprint density at radius 3 is 2.65 bits per heavy atom. The minimum absolute atomic E-state index is 0.0161. The maximum Gasteiger partial charge on any atom is 0.253 e. The van der Waals surface area contributed by atoms with Crippen molar-refractivity contribution in [1.29, 1.82) is 0 Å². The highest BCUT2D eigenvalue weighted by molar-refractivity contribution is 7.98. The smallest absolute Gasteiger partial charge is 0.253 e. The minimum atomic E-state index is 0.0161. The third-order valence-corrected chi connectivity index (χ3v) is 4.36. The zero-order chi connectivity index (χ0) is 16.2. The van der Waals surface area contributed by atoms with E-state index in [2.05, 4.69) is 9.97 Å². The lowest BCUT2D eigenvalue weighted by molar-refractivity contribution is 0.0827. The lowest BCUT2D eigenvalue weighted by Crippen LogP contribution is -2.21. The average molecular weight is 323 g/mol. The number of hydrogen-bond acceptors (Lipinski definition) is 4. The second-order valence-corrected chi connectivity index (χ2v) is 6.38. The summed E-state index contributed by atoms with van der Waals surface area (Å²) in [6.07, 6.45) is 1.79. The molecule has 0 aliphatic rings. The Morgan fingerprint density at radius 2 is 1.87 bits per heavy atom. The van der Waals surface area contributed by atoms with Crippen LogP contribution in [-0.4, -0.2) is 34.9 Å². The van der Waals surface area contributed by atoms with Gasteiger partial charge < -0.3 is 4.90 Å². The molecule has 0 spiro atoms. The second kappa shape index (κ2) is 6.79. The summed E-state index contributed by atoms with van der Waals surface area (Å²) in [5.41, 5.74) is 3.60. The van der Waals surface area contributed by atoms with Crippen LogP contribution in [0.3, 0.4) is 0 Å². The standard InChI is InChI=1S/C18H17N3OS/c1-21(2)18(22)14-7-5-6-13(10-14)12-23-17-11-19-15-8-3-4-9-16(15)20-17/h3-11H,12H2,1-2H3. The van der Waals surface area contributed by atoms with Crippen molar-refractivity contribution < 1.29 is 4.79 Å². The fraction of sp³-hybridized carbons (Fsp3) is 0.167. The van der Waals surface area contributed by atoms with E-state index in [0.29, 0.717) is 5.56 Å². The predicted octanol–water partition coefficient (Wildman–Crippen LogP) is 3.62. The van der Waals surface area contributed by atoms with Crippen LogP contribution in [0.2, 0.25) is 0 Å². The number of nitrogens with zero attached hydrogens (tertiary/aromatic N) is 3. The molecule has 0 aliphatic carbocycles. The number of hydrogen-bond donors (Lipinski definition) is 0. The molecule has 116 valence electrons. The van der Waals surface area contributed by atoms with Gasteiger partial charge in [0.05, 0.1) is 17.2 Å². The van der Waals surface area contributed by atoms with Gasteiger partial charge in [-0.1, -0.05) is 24.3 Å². The molecule has 1 amide bonds. The number of amides is 1. The first kappa shape index (κ1) is 15.5. The SMILES string of the molecule is CN(C)C(=O)c1cccc(CSc2cnc3ccccc3n2)c1. The second-order valence-electron chi connectivity index (χ2n) is 5.39. The van der Waals surface area contributed by atoms with Crippen LogP contribution in [0.1, 0.15) is 15.9 Å².